The molecule has 0 spiro atoms. The highest BCUT2D eigenvalue weighted by atomic mass is 79.9. The molecule has 25 heavy (non-hydrogen) atoms. The van der Waals surface area contributed by atoms with Crippen LogP contribution >= 0.6 is 31.9 Å². The van der Waals surface area contributed by atoms with E-state index < -0.39 is 0 Å². The summed E-state index contributed by atoms with van der Waals surface area (Å²) >= 11 is 6.92. The largest absolute Gasteiger partial charge is 0.483 e. The van der Waals surface area contributed by atoms with Crippen LogP contribution in [-0.4, -0.2) is 24.0 Å². The van der Waals surface area contributed by atoms with E-state index in [4.69, 9.17) is 4.74 Å². The van der Waals surface area contributed by atoms with Crippen molar-refractivity contribution in [2.75, 3.05) is 18.1 Å². The minimum atomic E-state index is -0.141. The van der Waals surface area contributed by atoms with Gasteiger partial charge in [0.05, 0.1) is 4.47 Å². The lowest BCUT2D eigenvalue weighted by atomic mass is 10.1. The van der Waals surface area contributed by atoms with Gasteiger partial charge in [0.2, 0.25) is 0 Å². The van der Waals surface area contributed by atoms with Crippen LogP contribution in [0.3, 0.4) is 0 Å². The number of fused-ring (bicyclic) bond motifs is 1. The summed E-state index contributed by atoms with van der Waals surface area (Å²) in [6, 6.07) is 15.5. The summed E-state index contributed by atoms with van der Waals surface area (Å²) in [5.74, 6) is 1.11. The number of ether oxygens (including phenoxy) is 1. The van der Waals surface area contributed by atoms with E-state index in [0.29, 0.717) is 18.1 Å². The highest BCUT2D eigenvalue weighted by molar-refractivity contribution is 9.11. The van der Waals surface area contributed by atoms with E-state index in [2.05, 4.69) is 36.8 Å². The van der Waals surface area contributed by atoms with Crippen molar-refractivity contribution in [3.05, 3.63) is 63.7 Å². The first-order valence-corrected chi connectivity index (χ1v) is 9.40. The molecule has 0 saturated carbocycles. The molecule has 3 rings (SSSR count). The molecule has 1 amide bonds. The van der Waals surface area contributed by atoms with Crippen molar-refractivity contribution >= 4 is 54.4 Å². The average Bonchev–Trinajstić information content (AvgIpc) is 2.63. The lowest BCUT2D eigenvalue weighted by Gasteiger charge is -2.20. The third kappa shape index (κ3) is 4.02. The monoisotopic (exact) mass is 462 g/mol. The summed E-state index contributed by atoms with van der Waals surface area (Å²) < 4.78 is 7.48. The van der Waals surface area contributed by atoms with E-state index in [-0.39, 0.29) is 12.5 Å². The molecule has 1 aromatic heterocycles. The highest BCUT2D eigenvalue weighted by Crippen LogP contribution is 2.33. The Bertz CT molecular complexity index is 898. The summed E-state index contributed by atoms with van der Waals surface area (Å²) in [5, 5.41) is 2.16. The number of aromatic nitrogens is 1. The molecule has 0 aliphatic carbocycles. The van der Waals surface area contributed by atoms with E-state index in [1.807, 2.05) is 49.4 Å². The molecule has 6 heteroatoms. The van der Waals surface area contributed by atoms with E-state index in [0.717, 1.165) is 19.7 Å². The van der Waals surface area contributed by atoms with Crippen LogP contribution in [-0.2, 0) is 4.79 Å². The molecule has 0 aliphatic heterocycles. The molecule has 0 N–H and O–H groups in total. The zero-order valence-electron chi connectivity index (χ0n) is 13.6. The Balaban J connectivity index is 1.75. The Labute approximate surface area is 163 Å². The van der Waals surface area contributed by atoms with Crippen molar-refractivity contribution in [1.82, 2.24) is 4.98 Å². The van der Waals surface area contributed by atoms with E-state index in [9.17, 15) is 4.79 Å². The lowest BCUT2D eigenvalue weighted by Crippen LogP contribution is -2.35. The molecule has 0 atom stereocenters. The lowest BCUT2D eigenvalue weighted by molar-refractivity contribution is -0.120. The first-order chi connectivity index (χ1) is 12.1. The van der Waals surface area contributed by atoms with Crippen LogP contribution < -0.4 is 9.64 Å². The molecular formula is C19H16Br2N2O2. The molecule has 1 heterocycles. The third-order valence-corrected chi connectivity index (χ3v) is 5.07. The molecule has 0 fully saturated rings. The van der Waals surface area contributed by atoms with Crippen molar-refractivity contribution in [3.8, 4) is 5.75 Å². The van der Waals surface area contributed by atoms with E-state index in [1.54, 1.807) is 17.2 Å². The van der Waals surface area contributed by atoms with Crippen molar-refractivity contribution in [1.29, 1.82) is 0 Å². The number of amides is 1. The Kier molecular flexibility index (Phi) is 5.71. The molecule has 0 radical (unpaired) electrons. The summed E-state index contributed by atoms with van der Waals surface area (Å²) in [6.45, 7) is 2.38. The van der Waals surface area contributed by atoms with Crippen LogP contribution in [0.4, 0.5) is 5.82 Å². The van der Waals surface area contributed by atoms with Crippen LogP contribution in [0.15, 0.2) is 63.7 Å². The second-order valence-electron chi connectivity index (χ2n) is 5.36. The van der Waals surface area contributed by atoms with Crippen LogP contribution in [0, 0.1) is 0 Å². The summed E-state index contributed by atoms with van der Waals surface area (Å²) in [4.78, 5) is 18.4. The fraction of sp³-hybridized carbons (Fsp3) is 0.158. The molecule has 0 unspecified atom stereocenters. The van der Waals surface area contributed by atoms with Gasteiger partial charge in [-0.15, -0.1) is 0 Å². The van der Waals surface area contributed by atoms with E-state index >= 15 is 0 Å². The first kappa shape index (κ1) is 17.9. The minimum Gasteiger partial charge on any atom is -0.483 e. The number of nitrogens with zero attached hydrogens (tertiary/aromatic N) is 2. The van der Waals surface area contributed by atoms with Crippen molar-refractivity contribution in [2.24, 2.45) is 0 Å². The van der Waals surface area contributed by atoms with E-state index in [1.165, 1.54) is 0 Å². The molecular weight excluding hydrogens is 448 g/mol. The van der Waals surface area contributed by atoms with Crippen molar-refractivity contribution < 1.29 is 9.53 Å². The van der Waals surface area contributed by atoms with Gasteiger partial charge in [0, 0.05) is 17.2 Å². The number of rotatable bonds is 5. The topological polar surface area (TPSA) is 42.4 Å². The molecule has 0 saturated heterocycles. The zero-order valence-corrected chi connectivity index (χ0v) is 16.7. The number of carbonyl (C=O) groups excluding carboxylic acids is 1. The Hall–Kier alpha value is -1.92. The molecule has 0 aliphatic rings. The summed E-state index contributed by atoms with van der Waals surface area (Å²) in [6.07, 6.45) is 1.67. The zero-order chi connectivity index (χ0) is 17.8. The number of likely N-dealkylation sites (N-methyl/N-ethyl adjacent to an activating group) is 1. The van der Waals surface area contributed by atoms with Crippen LogP contribution in [0.1, 0.15) is 6.92 Å². The maximum atomic E-state index is 12.5. The number of benzene rings is 2. The number of halogens is 2. The fourth-order valence-corrected chi connectivity index (χ4v) is 3.38. The second kappa shape index (κ2) is 7.97. The van der Waals surface area contributed by atoms with Crippen molar-refractivity contribution in [2.45, 2.75) is 6.92 Å². The molecule has 0 bridgehead atoms. The SMILES string of the molecule is CCN(C(=O)COc1ccc2ccccc2c1Br)c1ccc(Br)cn1. The van der Waals surface area contributed by atoms with Gasteiger partial charge in [-0.25, -0.2) is 4.98 Å². The molecule has 3 aromatic rings. The van der Waals surface area contributed by atoms with Crippen molar-refractivity contribution in [3.63, 3.8) is 0 Å². The number of carbonyl (C=O) groups is 1. The van der Waals surface area contributed by atoms with Gasteiger partial charge in [0.25, 0.3) is 5.91 Å². The predicted molar refractivity (Wildman–Crippen MR) is 107 cm³/mol. The molecule has 4 nitrogen and oxygen atoms in total. The summed E-state index contributed by atoms with van der Waals surface area (Å²) in [5.41, 5.74) is 0. The number of anilines is 1. The van der Waals surface area contributed by atoms with Gasteiger partial charge in [-0.1, -0.05) is 30.3 Å². The van der Waals surface area contributed by atoms with Gasteiger partial charge in [0.1, 0.15) is 11.6 Å². The van der Waals surface area contributed by atoms with Gasteiger partial charge in [-0.05, 0) is 67.8 Å². The third-order valence-electron chi connectivity index (χ3n) is 3.78. The Morgan fingerprint density at radius 1 is 1.12 bits per heavy atom. The quantitative estimate of drug-likeness (QED) is 0.522. The average molecular weight is 464 g/mol. The highest BCUT2D eigenvalue weighted by Gasteiger charge is 2.16. The Morgan fingerprint density at radius 3 is 2.64 bits per heavy atom. The summed E-state index contributed by atoms with van der Waals surface area (Å²) in [7, 11) is 0. The second-order valence-corrected chi connectivity index (χ2v) is 7.07. The fourth-order valence-electron chi connectivity index (χ4n) is 2.54. The minimum absolute atomic E-state index is 0.0531. The normalized spacial score (nSPS) is 10.7. The first-order valence-electron chi connectivity index (χ1n) is 7.82. The van der Waals surface area contributed by atoms with Crippen LogP contribution in [0.25, 0.3) is 10.8 Å². The molecule has 128 valence electrons. The maximum Gasteiger partial charge on any atom is 0.266 e. The van der Waals surface area contributed by atoms with Gasteiger partial charge in [0.15, 0.2) is 6.61 Å². The van der Waals surface area contributed by atoms with Gasteiger partial charge < -0.3 is 4.74 Å². The van der Waals surface area contributed by atoms with Gasteiger partial charge in [-0.2, -0.15) is 0 Å². The standard InChI is InChI=1S/C19H16Br2N2O2/c1-2-23(17-10-8-14(20)11-22-17)18(24)12-25-16-9-7-13-5-3-4-6-15(13)19(16)21/h3-11H,2,12H2,1H3. The van der Waals surface area contributed by atoms with Gasteiger partial charge in [-0.3, -0.25) is 9.69 Å². The van der Waals surface area contributed by atoms with Crippen LogP contribution in [0.5, 0.6) is 5.75 Å². The number of pyridine rings is 1. The van der Waals surface area contributed by atoms with Gasteiger partial charge >= 0.3 is 0 Å². The number of hydrogen-bond acceptors (Lipinski definition) is 3. The maximum absolute atomic E-state index is 12.5. The predicted octanol–water partition coefficient (Wildman–Crippen LogP) is 5.19. The Morgan fingerprint density at radius 2 is 1.92 bits per heavy atom. The number of hydrogen-bond donors (Lipinski definition) is 0. The molecule has 2 aromatic carbocycles. The van der Waals surface area contributed by atoms with Crippen LogP contribution in [0.2, 0.25) is 0 Å². The smallest absolute Gasteiger partial charge is 0.266 e.